The molecule has 4 rings (SSSR count). The van der Waals surface area contributed by atoms with Gasteiger partial charge in [-0.2, -0.15) is 0 Å². The summed E-state index contributed by atoms with van der Waals surface area (Å²) in [6.45, 7) is 2.47. The molecule has 162 valence electrons. The van der Waals surface area contributed by atoms with E-state index in [0.29, 0.717) is 28.3 Å². The number of benzene rings is 3. The topological polar surface area (TPSA) is 88.3 Å². The zero-order valence-corrected chi connectivity index (χ0v) is 18.7. The van der Waals surface area contributed by atoms with E-state index in [2.05, 4.69) is 10.3 Å². The Morgan fingerprint density at radius 2 is 1.78 bits per heavy atom. The summed E-state index contributed by atoms with van der Waals surface area (Å²) in [6.07, 6.45) is 0. The quantitative estimate of drug-likeness (QED) is 0.434. The number of amides is 2. The SMILES string of the molecule is Cc1ccc(CN(C)C(=O)[C@@H](NC(=O)c2nc3ccc(N)cc3s2)c2ccccc2)cc1. The Morgan fingerprint density at radius 1 is 1.06 bits per heavy atom. The van der Waals surface area contributed by atoms with Gasteiger partial charge in [0.25, 0.3) is 5.91 Å². The van der Waals surface area contributed by atoms with Gasteiger partial charge >= 0.3 is 0 Å². The molecule has 1 heterocycles. The highest BCUT2D eigenvalue weighted by Crippen LogP contribution is 2.25. The third-order valence-electron chi connectivity index (χ3n) is 5.18. The Morgan fingerprint density at radius 3 is 2.50 bits per heavy atom. The lowest BCUT2D eigenvalue weighted by Crippen LogP contribution is -2.41. The van der Waals surface area contributed by atoms with E-state index in [-0.39, 0.29) is 5.91 Å². The number of nitrogens with two attached hydrogens (primary N) is 1. The summed E-state index contributed by atoms with van der Waals surface area (Å²) < 4.78 is 0.828. The van der Waals surface area contributed by atoms with E-state index in [0.717, 1.165) is 15.8 Å². The van der Waals surface area contributed by atoms with Gasteiger partial charge in [0.1, 0.15) is 6.04 Å². The molecule has 1 atom stereocenters. The van der Waals surface area contributed by atoms with Crippen LogP contribution in [0.25, 0.3) is 10.2 Å². The number of likely N-dealkylation sites (N-methyl/N-ethyl adjacent to an activating group) is 1. The molecule has 0 fully saturated rings. The van der Waals surface area contributed by atoms with E-state index in [9.17, 15) is 9.59 Å². The number of fused-ring (bicyclic) bond motifs is 1. The second-order valence-electron chi connectivity index (χ2n) is 7.74. The first-order valence-corrected chi connectivity index (χ1v) is 11.0. The molecule has 4 aromatic rings. The van der Waals surface area contributed by atoms with E-state index >= 15 is 0 Å². The summed E-state index contributed by atoms with van der Waals surface area (Å²) >= 11 is 1.25. The van der Waals surface area contributed by atoms with Crippen LogP contribution in [0.5, 0.6) is 0 Å². The number of hydrogen-bond donors (Lipinski definition) is 2. The van der Waals surface area contributed by atoms with E-state index in [4.69, 9.17) is 5.73 Å². The lowest BCUT2D eigenvalue weighted by Gasteiger charge is -2.25. The number of anilines is 1. The Kier molecular flexibility index (Phi) is 6.18. The van der Waals surface area contributed by atoms with E-state index in [1.54, 1.807) is 30.1 Å². The first-order valence-electron chi connectivity index (χ1n) is 10.2. The molecule has 0 spiro atoms. The Labute approximate surface area is 190 Å². The minimum Gasteiger partial charge on any atom is -0.399 e. The third-order valence-corrected chi connectivity index (χ3v) is 6.20. The van der Waals surface area contributed by atoms with Gasteiger partial charge in [-0.15, -0.1) is 11.3 Å². The fourth-order valence-corrected chi connectivity index (χ4v) is 4.35. The predicted molar refractivity (Wildman–Crippen MR) is 128 cm³/mol. The van der Waals surface area contributed by atoms with Crippen molar-refractivity contribution in [3.05, 3.63) is 94.5 Å². The monoisotopic (exact) mass is 444 g/mol. The molecule has 0 aliphatic heterocycles. The molecule has 0 aliphatic rings. The van der Waals surface area contributed by atoms with Gasteiger partial charge in [-0.1, -0.05) is 60.2 Å². The molecule has 6 nitrogen and oxygen atoms in total. The van der Waals surface area contributed by atoms with Crippen molar-refractivity contribution in [1.82, 2.24) is 15.2 Å². The van der Waals surface area contributed by atoms with Crippen LogP contribution < -0.4 is 11.1 Å². The second-order valence-corrected chi connectivity index (χ2v) is 8.77. The van der Waals surface area contributed by atoms with Gasteiger partial charge in [-0.3, -0.25) is 9.59 Å². The number of nitrogens with zero attached hydrogens (tertiary/aromatic N) is 2. The van der Waals surface area contributed by atoms with Crippen LogP contribution in [0.4, 0.5) is 5.69 Å². The molecule has 1 aromatic heterocycles. The van der Waals surface area contributed by atoms with Gasteiger partial charge in [0.05, 0.1) is 10.2 Å². The first kappa shape index (κ1) is 21.5. The largest absolute Gasteiger partial charge is 0.399 e. The summed E-state index contributed by atoms with van der Waals surface area (Å²) in [4.78, 5) is 32.5. The lowest BCUT2D eigenvalue weighted by atomic mass is 10.0. The van der Waals surface area contributed by atoms with Crippen LogP contribution >= 0.6 is 11.3 Å². The molecule has 0 aliphatic carbocycles. The van der Waals surface area contributed by atoms with Crippen molar-refractivity contribution in [1.29, 1.82) is 0 Å². The van der Waals surface area contributed by atoms with Crippen LogP contribution in [0, 0.1) is 6.92 Å². The van der Waals surface area contributed by atoms with Crippen molar-refractivity contribution in [2.24, 2.45) is 0 Å². The summed E-state index contributed by atoms with van der Waals surface area (Å²) in [5.41, 5.74) is 10.1. The van der Waals surface area contributed by atoms with Crippen LogP contribution in [0.15, 0.2) is 72.8 Å². The van der Waals surface area contributed by atoms with Gasteiger partial charge in [-0.05, 0) is 36.2 Å². The van der Waals surface area contributed by atoms with Gasteiger partial charge in [0.2, 0.25) is 5.91 Å². The summed E-state index contributed by atoms with van der Waals surface area (Å²) in [5, 5.41) is 3.18. The first-order chi connectivity index (χ1) is 15.4. The summed E-state index contributed by atoms with van der Waals surface area (Å²) in [7, 11) is 1.74. The van der Waals surface area contributed by atoms with Gasteiger partial charge in [0.15, 0.2) is 5.01 Å². The molecule has 32 heavy (non-hydrogen) atoms. The number of hydrogen-bond acceptors (Lipinski definition) is 5. The van der Waals surface area contributed by atoms with Crippen LogP contribution in [-0.2, 0) is 11.3 Å². The van der Waals surface area contributed by atoms with Gasteiger partial charge < -0.3 is 16.0 Å². The molecule has 3 N–H and O–H groups in total. The number of aromatic nitrogens is 1. The molecule has 0 radical (unpaired) electrons. The van der Waals surface area contributed by atoms with Crippen molar-refractivity contribution in [3.63, 3.8) is 0 Å². The normalized spacial score (nSPS) is 11.8. The van der Waals surface area contributed by atoms with Crippen molar-refractivity contribution in [2.75, 3.05) is 12.8 Å². The highest BCUT2D eigenvalue weighted by atomic mass is 32.1. The van der Waals surface area contributed by atoms with E-state index in [1.165, 1.54) is 11.3 Å². The predicted octanol–water partition coefficient (Wildman–Crippen LogP) is 4.32. The van der Waals surface area contributed by atoms with Crippen LogP contribution in [-0.4, -0.2) is 28.7 Å². The molecule has 0 saturated heterocycles. The number of carbonyl (C=O) groups is 2. The molecule has 0 unspecified atom stereocenters. The molecular formula is C25H24N4O2S. The third kappa shape index (κ3) is 4.78. The average Bonchev–Trinajstić information content (AvgIpc) is 3.22. The number of rotatable bonds is 6. The van der Waals surface area contributed by atoms with Crippen LogP contribution in [0.3, 0.4) is 0 Å². The number of carbonyl (C=O) groups excluding carboxylic acids is 2. The maximum atomic E-state index is 13.4. The maximum absolute atomic E-state index is 13.4. The summed E-state index contributed by atoms with van der Waals surface area (Å²) in [5.74, 6) is -0.591. The number of aryl methyl sites for hydroxylation is 1. The second kappa shape index (κ2) is 9.20. The van der Waals surface area contributed by atoms with Crippen LogP contribution in [0.1, 0.15) is 32.5 Å². The lowest BCUT2D eigenvalue weighted by molar-refractivity contribution is -0.132. The van der Waals surface area contributed by atoms with Gasteiger partial charge in [-0.25, -0.2) is 4.98 Å². The van der Waals surface area contributed by atoms with Crippen molar-refractivity contribution < 1.29 is 9.59 Å². The highest BCUT2D eigenvalue weighted by molar-refractivity contribution is 7.20. The fraction of sp³-hybridized carbons (Fsp3) is 0.160. The van der Waals surface area contributed by atoms with Crippen molar-refractivity contribution >= 4 is 39.1 Å². The number of nitrogen functional groups attached to an aromatic ring is 1. The Bertz CT molecular complexity index is 1250. The zero-order valence-electron chi connectivity index (χ0n) is 17.9. The average molecular weight is 445 g/mol. The molecule has 7 heteroatoms. The minimum atomic E-state index is -0.823. The molecule has 2 amide bonds. The standard InChI is InChI=1S/C25H24N4O2S/c1-16-8-10-17(11-9-16)15-29(2)25(31)22(18-6-4-3-5-7-18)28-23(30)24-27-20-13-12-19(26)14-21(20)32-24/h3-14,22H,15,26H2,1-2H3,(H,28,30)/t22-/m0/s1. The van der Waals surface area contributed by atoms with Crippen molar-refractivity contribution in [2.45, 2.75) is 19.5 Å². The van der Waals surface area contributed by atoms with E-state index < -0.39 is 11.9 Å². The number of nitrogens with one attached hydrogen (secondary N) is 1. The Hall–Kier alpha value is -3.71. The molecule has 3 aromatic carbocycles. The van der Waals surface area contributed by atoms with Gasteiger partial charge in [0, 0.05) is 19.3 Å². The Balaban J connectivity index is 1.57. The summed E-state index contributed by atoms with van der Waals surface area (Å²) in [6, 6.07) is 21.8. The zero-order chi connectivity index (χ0) is 22.7. The van der Waals surface area contributed by atoms with Crippen molar-refractivity contribution in [3.8, 4) is 0 Å². The maximum Gasteiger partial charge on any atom is 0.281 e. The number of thiazole rings is 1. The molecular weight excluding hydrogens is 420 g/mol. The van der Waals surface area contributed by atoms with E-state index in [1.807, 2.05) is 61.5 Å². The minimum absolute atomic E-state index is 0.199. The van der Waals surface area contributed by atoms with Crippen LogP contribution in [0.2, 0.25) is 0 Å². The highest BCUT2D eigenvalue weighted by Gasteiger charge is 2.27. The smallest absolute Gasteiger partial charge is 0.281 e. The fourth-order valence-electron chi connectivity index (χ4n) is 3.43. The molecule has 0 bridgehead atoms. The molecule has 0 saturated carbocycles.